The molecule has 1 N–H and O–H groups in total. The van der Waals surface area contributed by atoms with Gasteiger partial charge in [-0.15, -0.1) is 12.4 Å². The normalized spacial score (nSPS) is 24.3. The SMILES string of the molecule is CC(C(=O)N1CCN(C)CC1c1ccccc1)C1CNC1.Cl. The molecule has 122 valence electrons. The van der Waals surface area contributed by atoms with Crippen LogP contribution in [0.1, 0.15) is 18.5 Å². The van der Waals surface area contributed by atoms with E-state index in [-0.39, 0.29) is 24.4 Å². The highest BCUT2D eigenvalue weighted by Crippen LogP contribution is 2.28. The molecule has 2 saturated heterocycles. The number of hydrogen-bond donors (Lipinski definition) is 1. The molecule has 2 atom stereocenters. The standard InChI is InChI=1S/C17H25N3O.ClH/c1-13(15-10-18-11-15)17(21)20-9-8-19(2)12-16(20)14-6-4-3-5-7-14;/h3-7,13,15-16,18H,8-12H2,1-2H3;1H. The molecular formula is C17H26ClN3O. The minimum absolute atomic E-state index is 0. The maximum absolute atomic E-state index is 12.9. The van der Waals surface area contributed by atoms with E-state index in [9.17, 15) is 4.79 Å². The minimum Gasteiger partial charge on any atom is -0.333 e. The van der Waals surface area contributed by atoms with Crippen LogP contribution in [-0.2, 0) is 4.79 Å². The first-order valence-corrected chi connectivity index (χ1v) is 7.91. The van der Waals surface area contributed by atoms with Gasteiger partial charge < -0.3 is 15.1 Å². The van der Waals surface area contributed by atoms with E-state index in [1.807, 2.05) is 6.07 Å². The molecule has 1 aromatic rings. The fourth-order valence-electron chi connectivity index (χ4n) is 3.27. The number of piperazine rings is 1. The number of rotatable bonds is 3. The van der Waals surface area contributed by atoms with Gasteiger partial charge in [-0.3, -0.25) is 4.79 Å². The maximum Gasteiger partial charge on any atom is 0.226 e. The second-order valence-corrected chi connectivity index (χ2v) is 6.43. The Morgan fingerprint density at radius 1 is 1.23 bits per heavy atom. The summed E-state index contributed by atoms with van der Waals surface area (Å²) in [5.41, 5.74) is 1.25. The first-order chi connectivity index (χ1) is 10.2. The number of carbonyl (C=O) groups excluding carboxylic acids is 1. The molecule has 2 heterocycles. The fraction of sp³-hybridized carbons (Fsp3) is 0.588. The lowest BCUT2D eigenvalue weighted by Crippen LogP contribution is -2.55. The van der Waals surface area contributed by atoms with Crippen LogP contribution in [0, 0.1) is 11.8 Å². The highest BCUT2D eigenvalue weighted by Gasteiger charge is 2.36. The summed E-state index contributed by atoms with van der Waals surface area (Å²) in [6.45, 7) is 6.77. The van der Waals surface area contributed by atoms with Gasteiger partial charge in [0.25, 0.3) is 0 Å². The third-order valence-electron chi connectivity index (χ3n) is 4.96. The van der Waals surface area contributed by atoms with Gasteiger partial charge in [-0.05, 0) is 31.6 Å². The van der Waals surface area contributed by atoms with Crippen LogP contribution in [0.5, 0.6) is 0 Å². The number of hydrogen-bond acceptors (Lipinski definition) is 3. The zero-order valence-corrected chi connectivity index (χ0v) is 14.2. The number of halogens is 1. The summed E-state index contributed by atoms with van der Waals surface area (Å²) < 4.78 is 0. The Hall–Kier alpha value is -1.10. The molecule has 0 bridgehead atoms. The predicted octanol–water partition coefficient (Wildman–Crippen LogP) is 1.78. The van der Waals surface area contributed by atoms with Gasteiger partial charge in [0.2, 0.25) is 5.91 Å². The van der Waals surface area contributed by atoms with E-state index < -0.39 is 0 Å². The average Bonchev–Trinajstić information content (AvgIpc) is 2.45. The van der Waals surface area contributed by atoms with Crippen LogP contribution < -0.4 is 5.32 Å². The number of carbonyl (C=O) groups is 1. The van der Waals surface area contributed by atoms with Crippen LogP contribution in [0.25, 0.3) is 0 Å². The summed E-state index contributed by atoms with van der Waals surface area (Å²) in [4.78, 5) is 17.3. The van der Waals surface area contributed by atoms with Crippen LogP contribution in [0.3, 0.4) is 0 Å². The Labute approximate surface area is 139 Å². The van der Waals surface area contributed by atoms with Crippen molar-refractivity contribution >= 4 is 18.3 Å². The van der Waals surface area contributed by atoms with Crippen LogP contribution in [-0.4, -0.2) is 55.5 Å². The second kappa shape index (κ2) is 7.44. The first kappa shape index (κ1) is 17.3. The van der Waals surface area contributed by atoms with Gasteiger partial charge in [-0.2, -0.15) is 0 Å². The Balaban J connectivity index is 0.00000176. The van der Waals surface area contributed by atoms with Gasteiger partial charge in [0, 0.05) is 25.6 Å². The van der Waals surface area contributed by atoms with Gasteiger partial charge >= 0.3 is 0 Å². The van der Waals surface area contributed by atoms with Crippen molar-refractivity contribution in [3.63, 3.8) is 0 Å². The van der Waals surface area contributed by atoms with Crippen molar-refractivity contribution in [2.24, 2.45) is 11.8 Å². The van der Waals surface area contributed by atoms with E-state index in [1.165, 1.54) is 5.56 Å². The molecule has 3 rings (SSSR count). The van der Waals surface area contributed by atoms with E-state index in [0.29, 0.717) is 11.8 Å². The van der Waals surface area contributed by atoms with Crippen LogP contribution in [0.2, 0.25) is 0 Å². The monoisotopic (exact) mass is 323 g/mol. The van der Waals surface area contributed by atoms with Crippen LogP contribution >= 0.6 is 12.4 Å². The molecule has 0 aromatic heterocycles. The van der Waals surface area contributed by atoms with Crippen molar-refractivity contribution < 1.29 is 4.79 Å². The van der Waals surface area contributed by atoms with Gasteiger partial charge in [0.05, 0.1) is 6.04 Å². The Morgan fingerprint density at radius 3 is 2.50 bits per heavy atom. The minimum atomic E-state index is 0. The molecule has 22 heavy (non-hydrogen) atoms. The highest BCUT2D eigenvalue weighted by molar-refractivity contribution is 5.85. The van der Waals surface area contributed by atoms with Crippen molar-refractivity contribution in [1.82, 2.24) is 15.1 Å². The van der Waals surface area contributed by atoms with Gasteiger partial charge in [-0.25, -0.2) is 0 Å². The van der Waals surface area contributed by atoms with Gasteiger partial charge in [0.1, 0.15) is 0 Å². The summed E-state index contributed by atoms with van der Waals surface area (Å²) in [5, 5.41) is 3.27. The molecule has 0 spiro atoms. The zero-order chi connectivity index (χ0) is 14.8. The first-order valence-electron chi connectivity index (χ1n) is 7.91. The number of nitrogens with zero attached hydrogens (tertiary/aromatic N) is 2. The summed E-state index contributed by atoms with van der Waals surface area (Å²) in [6, 6.07) is 10.6. The third kappa shape index (κ3) is 3.45. The topological polar surface area (TPSA) is 35.6 Å². The van der Waals surface area contributed by atoms with Crippen molar-refractivity contribution in [2.45, 2.75) is 13.0 Å². The van der Waals surface area contributed by atoms with E-state index >= 15 is 0 Å². The molecule has 4 nitrogen and oxygen atoms in total. The highest BCUT2D eigenvalue weighted by atomic mass is 35.5. The van der Waals surface area contributed by atoms with Crippen molar-refractivity contribution in [1.29, 1.82) is 0 Å². The predicted molar refractivity (Wildman–Crippen MR) is 91.2 cm³/mol. The quantitative estimate of drug-likeness (QED) is 0.921. The molecule has 0 radical (unpaired) electrons. The average molecular weight is 324 g/mol. The van der Waals surface area contributed by atoms with E-state index in [2.05, 4.69) is 53.4 Å². The molecule has 5 heteroatoms. The smallest absolute Gasteiger partial charge is 0.226 e. The molecule has 2 aliphatic heterocycles. The Morgan fingerprint density at radius 2 is 1.91 bits per heavy atom. The summed E-state index contributed by atoms with van der Waals surface area (Å²) in [6.07, 6.45) is 0. The van der Waals surface area contributed by atoms with Crippen molar-refractivity contribution in [3.8, 4) is 0 Å². The fourth-order valence-corrected chi connectivity index (χ4v) is 3.27. The molecule has 1 amide bonds. The van der Waals surface area contributed by atoms with E-state index in [4.69, 9.17) is 0 Å². The molecule has 2 fully saturated rings. The third-order valence-corrected chi connectivity index (χ3v) is 4.96. The lowest BCUT2D eigenvalue weighted by molar-refractivity contribution is -0.142. The Kier molecular flexibility index (Phi) is 5.84. The largest absolute Gasteiger partial charge is 0.333 e. The molecule has 1 aromatic carbocycles. The van der Waals surface area contributed by atoms with Crippen LogP contribution in [0.4, 0.5) is 0 Å². The summed E-state index contributed by atoms with van der Waals surface area (Å²) in [5.74, 6) is 0.956. The molecule has 2 aliphatic rings. The molecular weight excluding hydrogens is 298 g/mol. The van der Waals surface area contributed by atoms with Gasteiger partial charge in [0.15, 0.2) is 0 Å². The van der Waals surface area contributed by atoms with E-state index in [0.717, 1.165) is 32.7 Å². The van der Waals surface area contributed by atoms with Crippen molar-refractivity contribution in [3.05, 3.63) is 35.9 Å². The lowest BCUT2D eigenvalue weighted by atomic mass is 9.87. The summed E-state index contributed by atoms with van der Waals surface area (Å²) in [7, 11) is 2.14. The summed E-state index contributed by atoms with van der Waals surface area (Å²) >= 11 is 0. The number of amides is 1. The molecule has 2 unspecified atom stereocenters. The maximum atomic E-state index is 12.9. The van der Waals surface area contributed by atoms with Crippen molar-refractivity contribution in [2.75, 3.05) is 39.8 Å². The number of likely N-dealkylation sites (N-methyl/N-ethyl adjacent to an activating group) is 1. The second-order valence-electron chi connectivity index (χ2n) is 6.43. The molecule has 0 aliphatic carbocycles. The molecule has 0 saturated carbocycles. The lowest BCUT2D eigenvalue weighted by Gasteiger charge is -2.43. The number of benzene rings is 1. The van der Waals surface area contributed by atoms with Crippen LogP contribution in [0.15, 0.2) is 30.3 Å². The zero-order valence-electron chi connectivity index (χ0n) is 13.4. The van der Waals surface area contributed by atoms with Gasteiger partial charge in [-0.1, -0.05) is 37.3 Å². The van der Waals surface area contributed by atoms with E-state index in [1.54, 1.807) is 0 Å². The number of nitrogens with one attached hydrogen (secondary N) is 1. The Bertz CT molecular complexity index is 492.